The molecule has 1 heterocycles. The lowest BCUT2D eigenvalue weighted by Crippen LogP contribution is -1.91. The first-order chi connectivity index (χ1) is 9.29. The van der Waals surface area contributed by atoms with E-state index in [9.17, 15) is 4.39 Å². The van der Waals surface area contributed by atoms with Crippen molar-refractivity contribution in [1.82, 2.24) is 4.98 Å². The number of halogens is 1. The molecule has 0 atom stereocenters. The number of hydrogen-bond acceptors (Lipinski definition) is 1. The van der Waals surface area contributed by atoms with Crippen LogP contribution in [0, 0.1) is 5.82 Å². The van der Waals surface area contributed by atoms with Crippen molar-refractivity contribution >= 4 is 10.8 Å². The van der Waals surface area contributed by atoms with Crippen LogP contribution in [0.5, 0.6) is 0 Å². The van der Waals surface area contributed by atoms with Crippen molar-refractivity contribution in [3.05, 3.63) is 66.1 Å². The summed E-state index contributed by atoms with van der Waals surface area (Å²) in [4.78, 5) is 4.46. The molecule has 0 aliphatic carbocycles. The van der Waals surface area contributed by atoms with Crippen LogP contribution in [0.1, 0.15) is 12.5 Å². The fraction of sp³-hybridized carbons (Fsp3) is 0.118. The molecule has 0 N–H and O–H groups in total. The second-order valence-electron chi connectivity index (χ2n) is 4.54. The van der Waals surface area contributed by atoms with Crippen molar-refractivity contribution < 1.29 is 4.39 Å². The van der Waals surface area contributed by atoms with Gasteiger partial charge in [0.1, 0.15) is 5.82 Å². The molecule has 0 bridgehead atoms. The zero-order valence-corrected chi connectivity index (χ0v) is 10.7. The van der Waals surface area contributed by atoms with E-state index < -0.39 is 0 Å². The van der Waals surface area contributed by atoms with E-state index in [2.05, 4.69) is 11.1 Å². The zero-order chi connectivity index (χ0) is 13.2. The Labute approximate surface area is 111 Å². The first-order valence-electron chi connectivity index (χ1n) is 6.42. The molecule has 1 nitrogen and oxygen atoms in total. The highest BCUT2D eigenvalue weighted by Gasteiger charge is 2.07. The van der Waals surface area contributed by atoms with Gasteiger partial charge in [-0.25, -0.2) is 4.39 Å². The van der Waals surface area contributed by atoms with Gasteiger partial charge >= 0.3 is 0 Å². The van der Waals surface area contributed by atoms with Crippen LogP contribution in [0.25, 0.3) is 22.0 Å². The number of aryl methyl sites for hydroxylation is 1. The summed E-state index contributed by atoms with van der Waals surface area (Å²) in [6, 6.07) is 15.3. The van der Waals surface area contributed by atoms with Gasteiger partial charge in [0, 0.05) is 17.1 Å². The number of benzene rings is 2. The maximum atomic E-state index is 13.6. The van der Waals surface area contributed by atoms with E-state index in [1.165, 1.54) is 6.07 Å². The topological polar surface area (TPSA) is 12.9 Å². The van der Waals surface area contributed by atoms with E-state index in [0.717, 1.165) is 27.6 Å². The summed E-state index contributed by atoms with van der Waals surface area (Å²) in [5.74, 6) is -0.147. The highest BCUT2D eigenvalue weighted by molar-refractivity contribution is 5.94. The molecule has 0 aliphatic heterocycles. The molecule has 0 aliphatic rings. The first-order valence-corrected chi connectivity index (χ1v) is 6.42. The molecule has 0 amide bonds. The Hall–Kier alpha value is -2.22. The van der Waals surface area contributed by atoms with Crippen LogP contribution >= 0.6 is 0 Å². The minimum atomic E-state index is -0.147. The molecule has 94 valence electrons. The van der Waals surface area contributed by atoms with Gasteiger partial charge in [0.05, 0.1) is 5.69 Å². The van der Waals surface area contributed by atoms with E-state index in [1.807, 2.05) is 37.3 Å². The third-order valence-corrected chi connectivity index (χ3v) is 3.37. The Morgan fingerprint density at radius 2 is 1.89 bits per heavy atom. The van der Waals surface area contributed by atoms with Gasteiger partial charge in [-0.15, -0.1) is 0 Å². The Balaban J connectivity index is 2.24. The van der Waals surface area contributed by atoms with Gasteiger partial charge in [-0.2, -0.15) is 0 Å². The van der Waals surface area contributed by atoms with Crippen LogP contribution in [0.15, 0.2) is 54.7 Å². The van der Waals surface area contributed by atoms with E-state index in [0.29, 0.717) is 6.42 Å². The van der Waals surface area contributed by atoms with Crippen LogP contribution in [-0.4, -0.2) is 4.98 Å². The molecule has 0 saturated carbocycles. The smallest absolute Gasteiger partial charge is 0.126 e. The summed E-state index contributed by atoms with van der Waals surface area (Å²) in [5.41, 5.74) is 2.61. The largest absolute Gasteiger partial charge is 0.256 e. The Kier molecular flexibility index (Phi) is 3.00. The molecule has 2 heteroatoms. The van der Waals surface area contributed by atoms with Crippen molar-refractivity contribution in [2.45, 2.75) is 13.3 Å². The van der Waals surface area contributed by atoms with E-state index in [-0.39, 0.29) is 5.82 Å². The van der Waals surface area contributed by atoms with Crippen molar-refractivity contribution in [2.24, 2.45) is 0 Å². The molecular weight excluding hydrogens is 237 g/mol. The number of pyridine rings is 1. The molecule has 0 fully saturated rings. The second-order valence-corrected chi connectivity index (χ2v) is 4.54. The Morgan fingerprint density at radius 3 is 2.74 bits per heavy atom. The highest BCUT2D eigenvalue weighted by atomic mass is 19.1. The number of fused-ring (bicyclic) bond motifs is 1. The van der Waals surface area contributed by atoms with Gasteiger partial charge in [0.15, 0.2) is 0 Å². The van der Waals surface area contributed by atoms with Crippen LogP contribution in [-0.2, 0) is 6.42 Å². The lowest BCUT2D eigenvalue weighted by molar-refractivity contribution is 0.612. The predicted octanol–water partition coefficient (Wildman–Crippen LogP) is 4.60. The van der Waals surface area contributed by atoms with E-state index in [4.69, 9.17) is 0 Å². The molecule has 2 aromatic carbocycles. The number of rotatable bonds is 2. The van der Waals surface area contributed by atoms with Gasteiger partial charge in [-0.3, -0.25) is 4.98 Å². The van der Waals surface area contributed by atoms with Crippen LogP contribution in [0.2, 0.25) is 0 Å². The number of aromatic nitrogens is 1. The van der Waals surface area contributed by atoms with Crippen molar-refractivity contribution in [2.75, 3.05) is 0 Å². The molecular formula is C17H14FN. The van der Waals surface area contributed by atoms with Gasteiger partial charge < -0.3 is 0 Å². The highest BCUT2D eigenvalue weighted by Crippen LogP contribution is 2.27. The average molecular weight is 251 g/mol. The summed E-state index contributed by atoms with van der Waals surface area (Å²) in [6.45, 7) is 1.96. The summed E-state index contributed by atoms with van der Waals surface area (Å²) in [6.07, 6.45) is 2.48. The lowest BCUT2D eigenvalue weighted by Gasteiger charge is -2.08. The molecule has 3 rings (SSSR count). The molecule has 1 aromatic heterocycles. The zero-order valence-electron chi connectivity index (χ0n) is 10.7. The van der Waals surface area contributed by atoms with E-state index >= 15 is 0 Å². The summed E-state index contributed by atoms with van der Waals surface area (Å²) < 4.78 is 13.6. The second kappa shape index (κ2) is 4.81. The summed E-state index contributed by atoms with van der Waals surface area (Å²) in [5, 5.41) is 2.24. The summed E-state index contributed by atoms with van der Waals surface area (Å²) >= 11 is 0. The Morgan fingerprint density at radius 1 is 1.05 bits per heavy atom. The third-order valence-electron chi connectivity index (χ3n) is 3.37. The minimum absolute atomic E-state index is 0.147. The quantitative estimate of drug-likeness (QED) is 0.648. The standard InChI is InChI=1S/C17H14FN/c1-2-12-11-14(7-8-16(12)18)17-15-6-4-3-5-13(15)9-10-19-17/h3-11H,2H2,1H3. The van der Waals surface area contributed by atoms with Crippen molar-refractivity contribution in [3.8, 4) is 11.3 Å². The SMILES string of the molecule is CCc1cc(-c2nccc3ccccc23)ccc1F. The van der Waals surface area contributed by atoms with Gasteiger partial charge in [-0.05, 0) is 41.6 Å². The minimum Gasteiger partial charge on any atom is -0.256 e. The molecule has 0 radical (unpaired) electrons. The Bertz CT molecular complexity index is 729. The fourth-order valence-corrected chi connectivity index (χ4v) is 2.34. The van der Waals surface area contributed by atoms with Crippen molar-refractivity contribution in [1.29, 1.82) is 0 Å². The van der Waals surface area contributed by atoms with Crippen LogP contribution in [0.4, 0.5) is 4.39 Å². The monoisotopic (exact) mass is 251 g/mol. The van der Waals surface area contributed by atoms with Crippen molar-refractivity contribution in [3.63, 3.8) is 0 Å². The first kappa shape index (κ1) is 11.8. The normalized spacial score (nSPS) is 10.8. The van der Waals surface area contributed by atoms with Gasteiger partial charge in [0.25, 0.3) is 0 Å². The average Bonchev–Trinajstić information content (AvgIpc) is 2.47. The molecule has 0 saturated heterocycles. The summed E-state index contributed by atoms with van der Waals surface area (Å²) in [7, 11) is 0. The predicted molar refractivity (Wildman–Crippen MR) is 76.5 cm³/mol. The number of hydrogen-bond donors (Lipinski definition) is 0. The van der Waals surface area contributed by atoms with Gasteiger partial charge in [0.2, 0.25) is 0 Å². The molecule has 0 unspecified atom stereocenters. The number of nitrogens with zero attached hydrogens (tertiary/aromatic N) is 1. The maximum absolute atomic E-state index is 13.6. The lowest BCUT2D eigenvalue weighted by atomic mass is 10.0. The van der Waals surface area contributed by atoms with Crippen LogP contribution < -0.4 is 0 Å². The van der Waals surface area contributed by atoms with Crippen LogP contribution in [0.3, 0.4) is 0 Å². The molecule has 3 aromatic rings. The fourth-order valence-electron chi connectivity index (χ4n) is 2.34. The van der Waals surface area contributed by atoms with E-state index in [1.54, 1.807) is 12.3 Å². The molecule has 19 heavy (non-hydrogen) atoms. The van der Waals surface area contributed by atoms with Gasteiger partial charge in [-0.1, -0.05) is 31.2 Å². The third kappa shape index (κ3) is 2.10. The molecule has 0 spiro atoms. The maximum Gasteiger partial charge on any atom is 0.126 e.